The monoisotopic (exact) mass is 333 g/mol. The summed E-state index contributed by atoms with van der Waals surface area (Å²) < 4.78 is 10.8. The molecule has 2 aliphatic rings. The Morgan fingerprint density at radius 1 is 1.21 bits per heavy atom. The zero-order valence-electron chi connectivity index (χ0n) is 14.0. The molecule has 2 fully saturated rings. The Hall–Kier alpha value is -2.24. The van der Waals surface area contributed by atoms with Crippen LogP contribution in [-0.2, 0) is 9.59 Å². The summed E-state index contributed by atoms with van der Waals surface area (Å²) in [5, 5.41) is 9.56. The summed E-state index contributed by atoms with van der Waals surface area (Å²) in [6, 6.07) is 6.26. The Kier molecular flexibility index (Phi) is 4.64. The van der Waals surface area contributed by atoms with Gasteiger partial charge in [-0.15, -0.1) is 0 Å². The number of ether oxygens (including phenoxy) is 2. The van der Waals surface area contributed by atoms with Crippen LogP contribution in [0.15, 0.2) is 24.3 Å². The summed E-state index contributed by atoms with van der Waals surface area (Å²) in [6.07, 6.45) is 2.23. The Bertz CT molecular complexity index is 614. The molecule has 1 aliphatic heterocycles. The highest BCUT2D eigenvalue weighted by Crippen LogP contribution is 2.42. The largest absolute Gasteiger partial charge is 0.497 e. The molecule has 4 unspecified atom stereocenters. The van der Waals surface area contributed by atoms with Crippen LogP contribution in [0.3, 0.4) is 0 Å². The van der Waals surface area contributed by atoms with Gasteiger partial charge in [-0.05, 0) is 55.9 Å². The highest BCUT2D eigenvalue weighted by atomic mass is 16.5. The minimum Gasteiger partial charge on any atom is -0.497 e. The molecule has 0 radical (unpaired) electrons. The van der Waals surface area contributed by atoms with Crippen molar-refractivity contribution < 1.29 is 24.2 Å². The molecule has 4 atom stereocenters. The van der Waals surface area contributed by atoms with E-state index in [-0.39, 0.29) is 11.8 Å². The third kappa shape index (κ3) is 3.05. The van der Waals surface area contributed by atoms with Crippen LogP contribution < -0.4 is 9.47 Å². The van der Waals surface area contributed by atoms with E-state index >= 15 is 0 Å². The number of benzene rings is 1. The van der Waals surface area contributed by atoms with Crippen molar-refractivity contribution >= 4 is 11.9 Å². The predicted octanol–water partition coefficient (Wildman–Crippen LogP) is 2.17. The molecule has 0 bridgehead atoms. The van der Waals surface area contributed by atoms with Gasteiger partial charge in [0.1, 0.15) is 17.5 Å². The minimum absolute atomic E-state index is 0.0830. The highest BCUT2D eigenvalue weighted by Gasteiger charge is 2.50. The third-order valence-corrected chi connectivity index (χ3v) is 5.15. The normalized spacial score (nSPS) is 26.8. The molecule has 3 rings (SSSR count). The first kappa shape index (κ1) is 16.6. The number of amides is 1. The molecule has 1 saturated heterocycles. The van der Waals surface area contributed by atoms with Crippen molar-refractivity contribution in [2.45, 2.75) is 38.3 Å². The number of nitrogens with zero attached hydrogens (tertiary/aromatic N) is 1. The van der Waals surface area contributed by atoms with Gasteiger partial charge >= 0.3 is 5.97 Å². The number of likely N-dealkylation sites (tertiary alicyclic amines) is 1. The molecule has 1 N–H and O–H groups in total. The zero-order chi connectivity index (χ0) is 17.3. The second-order valence-corrected chi connectivity index (χ2v) is 6.56. The van der Waals surface area contributed by atoms with E-state index in [9.17, 15) is 14.7 Å². The van der Waals surface area contributed by atoms with Crippen LogP contribution in [0.4, 0.5) is 0 Å². The molecule has 1 aromatic carbocycles. The smallest absolute Gasteiger partial charge is 0.326 e. The van der Waals surface area contributed by atoms with E-state index in [2.05, 4.69) is 0 Å². The van der Waals surface area contributed by atoms with Gasteiger partial charge in [-0.3, -0.25) is 4.79 Å². The fourth-order valence-corrected chi connectivity index (χ4v) is 3.99. The molecule has 1 saturated carbocycles. The van der Waals surface area contributed by atoms with Gasteiger partial charge in [0.05, 0.1) is 7.11 Å². The number of carbonyl (C=O) groups is 2. The van der Waals surface area contributed by atoms with Gasteiger partial charge in [0.2, 0.25) is 0 Å². The first-order chi connectivity index (χ1) is 11.5. The minimum atomic E-state index is -0.908. The SMILES string of the molecule is COc1ccc(OC(C)C(=O)N2CC3CCCC3C2C(=O)O)cc1. The van der Waals surface area contributed by atoms with Crippen molar-refractivity contribution in [1.82, 2.24) is 4.90 Å². The van der Waals surface area contributed by atoms with E-state index in [1.807, 2.05) is 0 Å². The number of carboxylic acids is 1. The molecule has 1 aliphatic carbocycles. The lowest BCUT2D eigenvalue weighted by Crippen LogP contribution is -2.48. The summed E-state index contributed by atoms with van der Waals surface area (Å²) in [5.74, 6) is 0.493. The molecule has 0 aromatic heterocycles. The van der Waals surface area contributed by atoms with E-state index in [1.165, 1.54) is 4.90 Å². The lowest BCUT2D eigenvalue weighted by atomic mass is 9.94. The number of hydrogen-bond donors (Lipinski definition) is 1. The van der Waals surface area contributed by atoms with Crippen LogP contribution in [0.5, 0.6) is 11.5 Å². The fraction of sp³-hybridized carbons (Fsp3) is 0.556. The lowest BCUT2D eigenvalue weighted by molar-refractivity contribution is -0.152. The maximum Gasteiger partial charge on any atom is 0.326 e. The summed E-state index contributed by atoms with van der Waals surface area (Å²) in [5.41, 5.74) is 0. The van der Waals surface area contributed by atoms with Crippen molar-refractivity contribution in [2.75, 3.05) is 13.7 Å². The summed E-state index contributed by atoms with van der Waals surface area (Å²) in [4.78, 5) is 25.9. The maximum absolute atomic E-state index is 12.7. The van der Waals surface area contributed by atoms with Crippen LogP contribution in [0, 0.1) is 11.8 Å². The molecule has 6 heteroatoms. The molecule has 1 heterocycles. The Labute approximate surface area is 141 Å². The predicted molar refractivity (Wildman–Crippen MR) is 87.1 cm³/mol. The van der Waals surface area contributed by atoms with Crippen LogP contribution in [0.1, 0.15) is 26.2 Å². The van der Waals surface area contributed by atoms with Crippen molar-refractivity contribution in [3.05, 3.63) is 24.3 Å². The molecule has 1 aromatic rings. The van der Waals surface area contributed by atoms with E-state index in [0.29, 0.717) is 24.0 Å². The molecule has 0 spiro atoms. The number of carbonyl (C=O) groups excluding carboxylic acids is 1. The van der Waals surface area contributed by atoms with Gasteiger partial charge in [-0.2, -0.15) is 0 Å². The fourth-order valence-electron chi connectivity index (χ4n) is 3.99. The van der Waals surface area contributed by atoms with Crippen LogP contribution in [0.25, 0.3) is 0 Å². The van der Waals surface area contributed by atoms with Gasteiger partial charge in [-0.25, -0.2) is 4.79 Å². The summed E-state index contributed by atoms with van der Waals surface area (Å²) in [7, 11) is 1.58. The number of carboxylic acid groups (broad SMARTS) is 1. The average Bonchev–Trinajstić information content (AvgIpc) is 3.15. The quantitative estimate of drug-likeness (QED) is 0.894. The maximum atomic E-state index is 12.7. The van der Waals surface area contributed by atoms with Crippen molar-refractivity contribution in [3.8, 4) is 11.5 Å². The number of fused-ring (bicyclic) bond motifs is 1. The van der Waals surface area contributed by atoms with Gasteiger partial charge < -0.3 is 19.5 Å². The van der Waals surface area contributed by atoms with E-state index in [4.69, 9.17) is 9.47 Å². The Morgan fingerprint density at radius 3 is 2.50 bits per heavy atom. The van der Waals surface area contributed by atoms with Crippen molar-refractivity contribution in [1.29, 1.82) is 0 Å². The number of rotatable bonds is 5. The lowest BCUT2D eigenvalue weighted by Gasteiger charge is -2.27. The van der Waals surface area contributed by atoms with Gasteiger partial charge in [0.15, 0.2) is 6.10 Å². The first-order valence-corrected chi connectivity index (χ1v) is 8.35. The second-order valence-electron chi connectivity index (χ2n) is 6.56. The van der Waals surface area contributed by atoms with Gasteiger partial charge in [0.25, 0.3) is 5.91 Å². The number of aliphatic carboxylic acids is 1. The third-order valence-electron chi connectivity index (χ3n) is 5.15. The zero-order valence-corrected chi connectivity index (χ0v) is 14.0. The van der Waals surface area contributed by atoms with Crippen LogP contribution >= 0.6 is 0 Å². The highest BCUT2D eigenvalue weighted by molar-refractivity contribution is 5.87. The molecule has 24 heavy (non-hydrogen) atoms. The Morgan fingerprint density at radius 2 is 1.88 bits per heavy atom. The second kappa shape index (κ2) is 6.71. The summed E-state index contributed by atoms with van der Waals surface area (Å²) >= 11 is 0. The Balaban J connectivity index is 1.69. The van der Waals surface area contributed by atoms with Crippen LogP contribution in [0.2, 0.25) is 0 Å². The molecular weight excluding hydrogens is 310 g/mol. The van der Waals surface area contributed by atoms with Crippen LogP contribution in [-0.4, -0.2) is 47.7 Å². The van der Waals surface area contributed by atoms with Gasteiger partial charge in [0, 0.05) is 6.54 Å². The standard InChI is InChI=1S/C18H23NO5/c1-11(24-14-8-6-13(23-2)7-9-14)17(20)19-10-12-4-3-5-15(12)16(19)18(21)22/h6-9,11-12,15-16H,3-5,10H2,1-2H3,(H,21,22). The van der Waals surface area contributed by atoms with E-state index in [1.54, 1.807) is 38.3 Å². The van der Waals surface area contributed by atoms with Crippen molar-refractivity contribution in [3.63, 3.8) is 0 Å². The molecule has 1 amide bonds. The average molecular weight is 333 g/mol. The number of hydrogen-bond acceptors (Lipinski definition) is 4. The van der Waals surface area contributed by atoms with E-state index < -0.39 is 18.1 Å². The van der Waals surface area contributed by atoms with Crippen molar-refractivity contribution in [2.24, 2.45) is 11.8 Å². The molecule has 6 nitrogen and oxygen atoms in total. The molecular formula is C18H23NO5. The topological polar surface area (TPSA) is 76.1 Å². The molecule has 130 valence electrons. The summed E-state index contributed by atoms with van der Waals surface area (Å²) in [6.45, 7) is 2.19. The van der Waals surface area contributed by atoms with Gasteiger partial charge in [-0.1, -0.05) is 6.42 Å². The van der Waals surface area contributed by atoms with E-state index in [0.717, 1.165) is 19.3 Å². The number of methoxy groups -OCH3 is 1. The first-order valence-electron chi connectivity index (χ1n) is 8.35.